The molecule has 0 radical (unpaired) electrons. The lowest BCUT2D eigenvalue weighted by Crippen LogP contribution is -2.16. The predicted molar refractivity (Wildman–Crippen MR) is 56.0 cm³/mol. The second-order valence-electron chi connectivity index (χ2n) is 5.05. The van der Waals surface area contributed by atoms with Gasteiger partial charge in [0.05, 0.1) is 4.87 Å². The van der Waals surface area contributed by atoms with Crippen LogP contribution in [0.4, 0.5) is 0 Å². The number of hydrogen-bond acceptors (Lipinski definition) is 0. The summed E-state index contributed by atoms with van der Waals surface area (Å²) in [6.07, 6.45) is 14.1. The van der Waals surface area contributed by atoms with Crippen LogP contribution in [0, 0.1) is 11.3 Å². The van der Waals surface area contributed by atoms with E-state index in [9.17, 15) is 0 Å². The zero-order chi connectivity index (χ0) is 8.94. The second-order valence-corrected chi connectivity index (χ2v) is 5.72. The van der Waals surface area contributed by atoms with Crippen LogP contribution in [0.25, 0.3) is 0 Å². The molecule has 3 aliphatic rings. The van der Waals surface area contributed by atoms with Crippen molar-refractivity contribution in [1.29, 1.82) is 0 Å². The molecule has 0 nitrogen and oxygen atoms in total. The molecule has 0 heterocycles. The Labute approximate surface area is 85.3 Å². The summed E-state index contributed by atoms with van der Waals surface area (Å²) in [4.78, 5) is 0.197. The first kappa shape index (κ1) is 8.35. The van der Waals surface area contributed by atoms with E-state index in [0.29, 0.717) is 5.41 Å². The first-order valence-corrected chi connectivity index (χ1v) is 6.01. The van der Waals surface area contributed by atoms with Gasteiger partial charge in [0.25, 0.3) is 0 Å². The van der Waals surface area contributed by atoms with Crippen molar-refractivity contribution in [1.82, 2.24) is 0 Å². The molecule has 1 spiro atoms. The Balaban J connectivity index is 1.93. The van der Waals surface area contributed by atoms with Gasteiger partial charge in [-0.3, -0.25) is 0 Å². The van der Waals surface area contributed by atoms with Crippen molar-refractivity contribution in [2.24, 2.45) is 11.3 Å². The van der Waals surface area contributed by atoms with Gasteiger partial charge < -0.3 is 0 Å². The van der Waals surface area contributed by atoms with E-state index in [0.717, 1.165) is 12.3 Å². The Morgan fingerprint density at radius 3 is 2.85 bits per heavy atom. The minimum absolute atomic E-state index is 0.197. The summed E-state index contributed by atoms with van der Waals surface area (Å²) in [5, 5.41) is 0. The van der Waals surface area contributed by atoms with Crippen LogP contribution in [-0.2, 0) is 0 Å². The molecule has 2 fully saturated rings. The lowest BCUT2D eigenvalue weighted by molar-refractivity contribution is 0.399. The Bertz CT molecular complexity index is 258. The van der Waals surface area contributed by atoms with E-state index < -0.39 is 0 Å². The van der Waals surface area contributed by atoms with E-state index in [-0.39, 0.29) is 4.87 Å². The summed E-state index contributed by atoms with van der Waals surface area (Å²) in [7, 11) is 0. The fourth-order valence-electron chi connectivity index (χ4n) is 3.88. The third-order valence-corrected chi connectivity index (χ3v) is 5.44. The monoisotopic (exact) mass is 196 g/mol. The van der Waals surface area contributed by atoms with Gasteiger partial charge in [0, 0.05) is 0 Å². The third kappa shape index (κ3) is 0.883. The summed E-state index contributed by atoms with van der Waals surface area (Å²) in [6, 6.07) is 0. The number of allylic oxidation sites excluding steroid dienone is 2. The lowest BCUT2D eigenvalue weighted by Gasteiger charge is -2.22. The minimum atomic E-state index is 0.197. The zero-order valence-corrected chi connectivity index (χ0v) is 8.82. The highest BCUT2D eigenvalue weighted by atomic mass is 35.5. The standard InChI is InChI=1S/C12H17Cl/c13-12-9-5-4-8-11(12)7-3-1-2-6-10(11)12/h4-5,10H,1-3,6-9H2/t10-,11-,12-/m0/s1. The van der Waals surface area contributed by atoms with Gasteiger partial charge in [0.1, 0.15) is 0 Å². The fourth-order valence-corrected chi connectivity index (χ4v) is 4.53. The quantitative estimate of drug-likeness (QED) is 0.407. The molecule has 0 aliphatic heterocycles. The normalized spacial score (nSPS) is 53.5. The van der Waals surface area contributed by atoms with Gasteiger partial charge in [-0.1, -0.05) is 31.4 Å². The van der Waals surface area contributed by atoms with Gasteiger partial charge in [0.15, 0.2) is 0 Å². The van der Waals surface area contributed by atoms with Gasteiger partial charge in [-0.2, -0.15) is 0 Å². The average Bonchev–Trinajstić information content (AvgIpc) is 2.72. The van der Waals surface area contributed by atoms with E-state index >= 15 is 0 Å². The smallest absolute Gasteiger partial charge is 0.0577 e. The maximum absolute atomic E-state index is 6.73. The zero-order valence-electron chi connectivity index (χ0n) is 8.06. The molecule has 3 aliphatic carbocycles. The topological polar surface area (TPSA) is 0 Å². The van der Waals surface area contributed by atoms with Crippen LogP contribution in [0.3, 0.4) is 0 Å². The van der Waals surface area contributed by atoms with Crippen molar-refractivity contribution in [2.75, 3.05) is 0 Å². The molecular weight excluding hydrogens is 180 g/mol. The van der Waals surface area contributed by atoms with Crippen molar-refractivity contribution < 1.29 is 0 Å². The van der Waals surface area contributed by atoms with Crippen LogP contribution >= 0.6 is 11.6 Å². The first-order chi connectivity index (χ1) is 6.30. The van der Waals surface area contributed by atoms with E-state index in [1.807, 2.05) is 0 Å². The molecule has 72 valence electrons. The summed E-state index contributed by atoms with van der Waals surface area (Å²) < 4.78 is 0. The van der Waals surface area contributed by atoms with E-state index in [1.165, 1.54) is 38.5 Å². The van der Waals surface area contributed by atoms with E-state index in [1.54, 1.807) is 0 Å². The predicted octanol–water partition coefficient (Wildman–Crippen LogP) is 3.89. The van der Waals surface area contributed by atoms with Crippen molar-refractivity contribution >= 4 is 11.6 Å². The number of hydrogen-bond donors (Lipinski definition) is 0. The van der Waals surface area contributed by atoms with Crippen molar-refractivity contribution in [3.8, 4) is 0 Å². The molecule has 0 N–H and O–H groups in total. The maximum atomic E-state index is 6.73. The molecule has 0 aromatic heterocycles. The SMILES string of the molecule is Cl[C@]12CC=CC[C@]13CCCCC[C@@H]32. The Hall–Kier alpha value is 0.0300. The van der Waals surface area contributed by atoms with Crippen LogP contribution < -0.4 is 0 Å². The highest BCUT2D eigenvalue weighted by Gasteiger charge is 2.73. The summed E-state index contributed by atoms with van der Waals surface area (Å²) in [6.45, 7) is 0. The van der Waals surface area contributed by atoms with Gasteiger partial charge in [-0.25, -0.2) is 0 Å². The average molecular weight is 197 g/mol. The van der Waals surface area contributed by atoms with Crippen molar-refractivity contribution in [3.63, 3.8) is 0 Å². The fraction of sp³-hybridized carbons (Fsp3) is 0.833. The molecule has 0 unspecified atom stereocenters. The Morgan fingerprint density at radius 1 is 1.08 bits per heavy atom. The summed E-state index contributed by atoms with van der Waals surface area (Å²) in [5.41, 5.74) is 0.541. The van der Waals surface area contributed by atoms with Crippen LogP contribution in [0.5, 0.6) is 0 Å². The highest BCUT2D eigenvalue weighted by Crippen LogP contribution is 2.76. The molecule has 1 heteroatoms. The van der Waals surface area contributed by atoms with Crippen LogP contribution in [0.15, 0.2) is 12.2 Å². The Morgan fingerprint density at radius 2 is 1.92 bits per heavy atom. The number of halogens is 1. The van der Waals surface area contributed by atoms with E-state index in [2.05, 4.69) is 12.2 Å². The van der Waals surface area contributed by atoms with Gasteiger partial charge >= 0.3 is 0 Å². The molecule has 0 saturated heterocycles. The van der Waals surface area contributed by atoms with Gasteiger partial charge in [0.2, 0.25) is 0 Å². The van der Waals surface area contributed by atoms with Crippen LogP contribution in [-0.4, -0.2) is 4.87 Å². The number of alkyl halides is 1. The van der Waals surface area contributed by atoms with E-state index in [4.69, 9.17) is 11.6 Å². The number of rotatable bonds is 0. The maximum Gasteiger partial charge on any atom is 0.0577 e. The van der Waals surface area contributed by atoms with Crippen LogP contribution in [0.1, 0.15) is 44.9 Å². The number of fused-ring (bicyclic) bond motifs is 1. The molecular formula is C12H17Cl. The highest BCUT2D eigenvalue weighted by molar-refractivity contribution is 6.27. The summed E-state index contributed by atoms with van der Waals surface area (Å²) in [5.74, 6) is 0.846. The lowest BCUT2D eigenvalue weighted by atomic mass is 9.88. The molecule has 0 aromatic carbocycles. The molecule has 2 saturated carbocycles. The largest absolute Gasteiger partial charge is 0.118 e. The van der Waals surface area contributed by atoms with Gasteiger partial charge in [-0.05, 0) is 37.0 Å². The molecule has 0 amide bonds. The minimum Gasteiger partial charge on any atom is -0.118 e. The third-order valence-electron chi connectivity index (χ3n) is 4.64. The van der Waals surface area contributed by atoms with Crippen LogP contribution in [0.2, 0.25) is 0 Å². The molecule has 13 heavy (non-hydrogen) atoms. The molecule has 3 atom stereocenters. The molecule has 0 aromatic rings. The first-order valence-electron chi connectivity index (χ1n) is 5.64. The second kappa shape index (κ2) is 2.53. The Kier molecular flexibility index (Phi) is 1.63. The molecule has 3 rings (SSSR count). The van der Waals surface area contributed by atoms with Crippen molar-refractivity contribution in [2.45, 2.75) is 49.8 Å². The molecule has 0 bridgehead atoms. The van der Waals surface area contributed by atoms with Crippen molar-refractivity contribution in [3.05, 3.63) is 12.2 Å². The van der Waals surface area contributed by atoms with Gasteiger partial charge in [-0.15, -0.1) is 11.6 Å². The summed E-state index contributed by atoms with van der Waals surface area (Å²) >= 11 is 6.73.